The summed E-state index contributed by atoms with van der Waals surface area (Å²) in [5, 5.41) is 1.05. The van der Waals surface area contributed by atoms with E-state index in [1.54, 1.807) is 11.3 Å². The second-order valence-electron chi connectivity index (χ2n) is 7.30. The first kappa shape index (κ1) is 19.3. The van der Waals surface area contributed by atoms with Crippen molar-refractivity contribution in [2.75, 3.05) is 4.90 Å². The topological polar surface area (TPSA) is 16.1 Å². The van der Waals surface area contributed by atoms with E-state index in [0.29, 0.717) is 0 Å². The van der Waals surface area contributed by atoms with Gasteiger partial charge >= 0.3 is 0 Å². The fourth-order valence-corrected chi connectivity index (χ4v) is 4.54. The van der Waals surface area contributed by atoms with Crippen molar-refractivity contribution in [1.82, 2.24) is 4.98 Å². The third-order valence-corrected chi connectivity index (χ3v) is 6.15. The Kier molecular flexibility index (Phi) is 5.59. The molecule has 0 amide bonds. The number of nitrogens with zero attached hydrogens (tertiary/aromatic N) is 2. The SMILES string of the molecule is C(=C\c1nc2ccccc2s1)/Cc1ccc(N(c2ccccc2)c2ccccc2)cc1. The minimum Gasteiger partial charge on any atom is -0.311 e. The molecular formula is C28H22N2S. The Morgan fingerprint density at radius 1 is 0.645 bits per heavy atom. The zero-order valence-electron chi connectivity index (χ0n) is 17.1. The molecule has 0 aliphatic carbocycles. The number of para-hydroxylation sites is 3. The summed E-state index contributed by atoms with van der Waals surface area (Å²) in [5.41, 5.74) is 5.80. The van der Waals surface area contributed by atoms with Gasteiger partial charge in [-0.25, -0.2) is 4.98 Å². The lowest BCUT2D eigenvalue weighted by atomic mass is 10.1. The van der Waals surface area contributed by atoms with Gasteiger partial charge in [0, 0.05) is 17.1 Å². The van der Waals surface area contributed by atoms with E-state index in [0.717, 1.165) is 34.0 Å². The van der Waals surface area contributed by atoms with E-state index in [1.807, 2.05) is 18.2 Å². The summed E-state index contributed by atoms with van der Waals surface area (Å²) in [6.45, 7) is 0. The first-order chi connectivity index (χ1) is 15.4. The zero-order valence-corrected chi connectivity index (χ0v) is 17.9. The van der Waals surface area contributed by atoms with Gasteiger partial charge in [-0.1, -0.05) is 66.7 Å². The lowest BCUT2D eigenvalue weighted by Crippen LogP contribution is -2.09. The van der Waals surface area contributed by atoms with Gasteiger partial charge in [0.2, 0.25) is 0 Å². The van der Waals surface area contributed by atoms with Crippen LogP contribution in [0, 0.1) is 0 Å². The van der Waals surface area contributed by atoms with Crippen LogP contribution < -0.4 is 4.90 Å². The van der Waals surface area contributed by atoms with Gasteiger partial charge in [-0.05, 0) is 66.6 Å². The molecule has 0 atom stereocenters. The molecule has 0 fully saturated rings. The van der Waals surface area contributed by atoms with Gasteiger partial charge in [-0.3, -0.25) is 0 Å². The minimum absolute atomic E-state index is 0.882. The Hall–Kier alpha value is -3.69. The van der Waals surface area contributed by atoms with Crippen molar-refractivity contribution in [2.45, 2.75) is 6.42 Å². The number of thiazole rings is 1. The maximum atomic E-state index is 4.67. The van der Waals surface area contributed by atoms with Crippen LogP contribution in [0.5, 0.6) is 0 Å². The quantitative estimate of drug-likeness (QED) is 0.277. The van der Waals surface area contributed by atoms with Crippen LogP contribution in [-0.2, 0) is 6.42 Å². The van der Waals surface area contributed by atoms with Crippen molar-refractivity contribution in [3.05, 3.63) is 126 Å². The van der Waals surface area contributed by atoms with Crippen LogP contribution in [0.2, 0.25) is 0 Å². The van der Waals surface area contributed by atoms with E-state index >= 15 is 0 Å². The van der Waals surface area contributed by atoms with E-state index in [-0.39, 0.29) is 0 Å². The molecule has 31 heavy (non-hydrogen) atoms. The van der Waals surface area contributed by atoms with Crippen molar-refractivity contribution >= 4 is 44.7 Å². The highest BCUT2D eigenvalue weighted by atomic mass is 32.1. The number of fused-ring (bicyclic) bond motifs is 1. The molecule has 3 heteroatoms. The van der Waals surface area contributed by atoms with Crippen LogP contribution in [0.25, 0.3) is 16.3 Å². The Labute approximate surface area is 186 Å². The van der Waals surface area contributed by atoms with Crippen LogP contribution >= 0.6 is 11.3 Å². The number of rotatable bonds is 6. The Morgan fingerprint density at radius 3 is 1.87 bits per heavy atom. The van der Waals surface area contributed by atoms with E-state index in [9.17, 15) is 0 Å². The molecule has 150 valence electrons. The van der Waals surface area contributed by atoms with Crippen LogP contribution in [0.15, 0.2) is 115 Å². The lowest BCUT2D eigenvalue weighted by Gasteiger charge is -2.25. The predicted octanol–water partition coefficient (Wildman–Crippen LogP) is 8.02. The molecule has 2 nitrogen and oxygen atoms in total. The normalized spacial score (nSPS) is 11.2. The summed E-state index contributed by atoms with van der Waals surface area (Å²) < 4.78 is 1.23. The van der Waals surface area contributed by atoms with Crippen molar-refractivity contribution in [3.8, 4) is 0 Å². The first-order valence-corrected chi connectivity index (χ1v) is 11.2. The van der Waals surface area contributed by atoms with Crippen molar-refractivity contribution in [3.63, 3.8) is 0 Å². The summed E-state index contributed by atoms with van der Waals surface area (Å²) in [7, 11) is 0. The highest BCUT2D eigenvalue weighted by molar-refractivity contribution is 7.19. The number of hydrogen-bond donors (Lipinski definition) is 0. The standard InChI is InChI=1S/C28H22N2S/c1-3-11-23(12-4-1)30(24-13-5-2-6-14-24)25-20-18-22(19-21-25)10-9-17-28-29-26-15-7-8-16-27(26)31-28/h1-9,11-21H,10H2/b17-9+. The van der Waals surface area contributed by atoms with Gasteiger partial charge < -0.3 is 4.90 Å². The van der Waals surface area contributed by atoms with Gasteiger partial charge in [-0.15, -0.1) is 11.3 Å². The number of hydrogen-bond acceptors (Lipinski definition) is 3. The third kappa shape index (κ3) is 4.42. The molecule has 0 unspecified atom stereocenters. The van der Waals surface area contributed by atoms with Crippen LogP contribution in [0.4, 0.5) is 17.1 Å². The monoisotopic (exact) mass is 418 g/mol. The average molecular weight is 419 g/mol. The molecule has 1 aromatic heterocycles. The fraction of sp³-hybridized carbons (Fsp3) is 0.0357. The molecule has 0 saturated heterocycles. The van der Waals surface area contributed by atoms with Crippen molar-refractivity contribution < 1.29 is 0 Å². The molecule has 0 spiro atoms. The number of aromatic nitrogens is 1. The molecule has 0 aliphatic rings. The van der Waals surface area contributed by atoms with E-state index in [4.69, 9.17) is 0 Å². The zero-order chi connectivity index (χ0) is 20.9. The molecule has 0 N–H and O–H groups in total. The number of anilines is 3. The highest BCUT2D eigenvalue weighted by Gasteiger charge is 2.11. The summed E-state index contributed by atoms with van der Waals surface area (Å²) in [6.07, 6.45) is 5.20. The molecule has 0 aliphatic heterocycles. The van der Waals surface area contributed by atoms with E-state index < -0.39 is 0 Å². The fourth-order valence-electron chi connectivity index (χ4n) is 3.64. The molecule has 0 radical (unpaired) electrons. The average Bonchev–Trinajstić information content (AvgIpc) is 3.25. The van der Waals surface area contributed by atoms with Crippen molar-refractivity contribution in [1.29, 1.82) is 0 Å². The van der Waals surface area contributed by atoms with E-state index in [1.165, 1.54) is 10.3 Å². The van der Waals surface area contributed by atoms with Gasteiger partial charge in [0.05, 0.1) is 10.2 Å². The smallest absolute Gasteiger partial charge is 0.117 e. The Morgan fingerprint density at radius 2 is 1.23 bits per heavy atom. The summed E-state index contributed by atoms with van der Waals surface area (Å²) in [5.74, 6) is 0. The molecule has 5 rings (SSSR count). The highest BCUT2D eigenvalue weighted by Crippen LogP contribution is 2.34. The molecule has 0 saturated carbocycles. The Balaban J connectivity index is 1.35. The summed E-state index contributed by atoms with van der Waals surface area (Å²) >= 11 is 1.73. The van der Waals surface area contributed by atoms with Crippen LogP contribution in [-0.4, -0.2) is 4.98 Å². The number of allylic oxidation sites excluding steroid dienone is 1. The van der Waals surface area contributed by atoms with Crippen molar-refractivity contribution in [2.24, 2.45) is 0 Å². The second kappa shape index (κ2) is 8.99. The molecule has 4 aromatic carbocycles. The third-order valence-electron chi connectivity index (χ3n) is 5.15. The molecular weight excluding hydrogens is 396 g/mol. The maximum Gasteiger partial charge on any atom is 0.117 e. The van der Waals surface area contributed by atoms with Crippen LogP contribution in [0.3, 0.4) is 0 Å². The van der Waals surface area contributed by atoms with Gasteiger partial charge in [0.1, 0.15) is 5.01 Å². The van der Waals surface area contributed by atoms with Gasteiger partial charge in [0.25, 0.3) is 0 Å². The first-order valence-electron chi connectivity index (χ1n) is 10.4. The second-order valence-corrected chi connectivity index (χ2v) is 8.36. The molecule has 5 aromatic rings. The Bertz CT molecular complexity index is 1220. The van der Waals surface area contributed by atoms with Gasteiger partial charge in [-0.2, -0.15) is 0 Å². The molecule has 1 heterocycles. The van der Waals surface area contributed by atoms with Gasteiger partial charge in [0.15, 0.2) is 0 Å². The van der Waals surface area contributed by atoms with E-state index in [2.05, 4.69) is 113 Å². The predicted molar refractivity (Wildman–Crippen MR) is 133 cm³/mol. The largest absolute Gasteiger partial charge is 0.311 e. The number of benzene rings is 4. The lowest BCUT2D eigenvalue weighted by molar-refractivity contribution is 1.24. The summed E-state index contributed by atoms with van der Waals surface area (Å²) in [6, 6.07) is 38.0. The minimum atomic E-state index is 0.882. The summed E-state index contributed by atoms with van der Waals surface area (Å²) in [4.78, 5) is 6.95. The van der Waals surface area contributed by atoms with Crippen LogP contribution in [0.1, 0.15) is 10.6 Å². The maximum absolute atomic E-state index is 4.67. The molecule has 0 bridgehead atoms.